The number of hydrogen-bond acceptors (Lipinski definition) is 3. The number of benzene rings is 1. The van der Waals surface area contributed by atoms with Gasteiger partial charge in [0.1, 0.15) is 5.84 Å². The standard InChI is InChI=1S/C13H18N2O2/c14-13(15)12-3-1-10(2-4-12)7-17-9-11-5-6-16-8-11/h1-4,11H,5-9H2,(H3,14,15). The molecule has 1 heterocycles. The Bertz CT molecular complexity index is 370. The van der Waals surface area contributed by atoms with Crippen molar-refractivity contribution in [3.05, 3.63) is 35.4 Å². The van der Waals surface area contributed by atoms with Crippen molar-refractivity contribution in [2.45, 2.75) is 13.0 Å². The van der Waals surface area contributed by atoms with Crippen molar-refractivity contribution in [1.82, 2.24) is 0 Å². The molecule has 1 unspecified atom stereocenters. The lowest BCUT2D eigenvalue weighted by atomic mass is 10.1. The lowest BCUT2D eigenvalue weighted by Gasteiger charge is -2.09. The van der Waals surface area contributed by atoms with Crippen LogP contribution in [0.3, 0.4) is 0 Å². The molecule has 1 aromatic carbocycles. The van der Waals surface area contributed by atoms with Gasteiger partial charge in [-0.05, 0) is 12.0 Å². The molecule has 0 aromatic heterocycles. The number of hydrogen-bond donors (Lipinski definition) is 2. The number of nitrogen functional groups attached to an aromatic ring is 1. The Balaban J connectivity index is 1.76. The van der Waals surface area contributed by atoms with E-state index in [1.807, 2.05) is 24.3 Å². The van der Waals surface area contributed by atoms with Gasteiger partial charge >= 0.3 is 0 Å². The third-order valence-corrected chi connectivity index (χ3v) is 2.91. The number of nitrogens with two attached hydrogens (primary N) is 1. The van der Waals surface area contributed by atoms with Gasteiger partial charge in [-0.1, -0.05) is 24.3 Å². The van der Waals surface area contributed by atoms with Crippen molar-refractivity contribution in [2.75, 3.05) is 19.8 Å². The topological polar surface area (TPSA) is 68.3 Å². The van der Waals surface area contributed by atoms with Crippen molar-refractivity contribution in [1.29, 1.82) is 5.41 Å². The predicted octanol–water partition coefficient (Wildman–Crippen LogP) is 1.52. The highest BCUT2D eigenvalue weighted by Gasteiger charge is 2.15. The molecule has 4 heteroatoms. The van der Waals surface area contributed by atoms with E-state index >= 15 is 0 Å². The van der Waals surface area contributed by atoms with E-state index in [1.54, 1.807) is 0 Å². The molecular weight excluding hydrogens is 216 g/mol. The molecule has 1 fully saturated rings. The van der Waals surface area contributed by atoms with Crippen LogP contribution in [0.4, 0.5) is 0 Å². The summed E-state index contributed by atoms with van der Waals surface area (Å²) in [6.07, 6.45) is 1.10. The lowest BCUT2D eigenvalue weighted by molar-refractivity contribution is 0.0791. The molecule has 4 nitrogen and oxygen atoms in total. The van der Waals surface area contributed by atoms with Crippen molar-refractivity contribution in [3.63, 3.8) is 0 Å². The number of rotatable bonds is 5. The van der Waals surface area contributed by atoms with Crippen LogP contribution < -0.4 is 5.73 Å². The summed E-state index contributed by atoms with van der Waals surface area (Å²) in [7, 11) is 0. The molecule has 92 valence electrons. The Morgan fingerprint density at radius 3 is 2.76 bits per heavy atom. The summed E-state index contributed by atoms with van der Waals surface area (Å²) in [5.41, 5.74) is 7.24. The first kappa shape index (κ1) is 12.1. The number of ether oxygens (including phenoxy) is 2. The maximum atomic E-state index is 7.29. The van der Waals surface area contributed by atoms with Crippen LogP contribution in [0.1, 0.15) is 17.5 Å². The SMILES string of the molecule is N=C(N)c1ccc(COCC2CCOC2)cc1. The minimum absolute atomic E-state index is 0.0978. The third kappa shape index (κ3) is 3.54. The molecule has 1 aliphatic heterocycles. The summed E-state index contributed by atoms with van der Waals surface area (Å²) in [5, 5.41) is 7.29. The van der Waals surface area contributed by atoms with Gasteiger partial charge in [-0.2, -0.15) is 0 Å². The molecule has 1 aliphatic rings. The Morgan fingerprint density at radius 2 is 2.18 bits per heavy atom. The van der Waals surface area contributed by atoms with E-state index in [1.165, 1.54) is 0 Å². The summed E-state index contributed by atoms with van der Waals surface area (Å²) < 4.78 is 10.9. The molecule has 0 spiro atoms. The zero-order valence-corrected chi connectivity index (χ0v) is 9.82. The zero-order chi connectivity index (χ0) is 12.1. The molecule has 0 bridgehead atoms. The highest BCUT2D eigenvalue weighted by atomic mass is 16.5. The minimum atomic E-state index is 0.0978. The van der Waals surface area contributed by atoms with Gasteiger partial charge < -0.3 is 15.2 Å². The predicted molar refractivity (Wildman–Crippen MR) is 66.0 cm³/mol. The first-order valence-electron chi connectivity index (χ1n) is 5.84. The summed E-state index contributed by atoms with van der Waals surface area (Å²) in [5.74, 6) is 0.645. The lowest BCUT2D eigenvalue weighted by Crippen LogP contribution is -2.11. The van der Waals surface area contributed by atoms with E-state index < -0.39 is 0 Å². The Labute approximate surface area is 101 Å². The van der Waals surface area contributed by atoms with E-state index in [9.17, 15) is 0 Å². The molecule has 3 N–H and O–H groups in total. The largest absolute Gasteiger partial charge is 0.384 e. The summed E-state index contributed by atoms with van der Waals surface area (Å²) in [6, 6.07) is 7.59. The Morgan fingerprint density at radius 1 is 1.41 bits per heavy atom. The summed E-state index contributed by atoms with van der Waals surface area (Å²) >= 11 is 0. The first-order valence-corrected chi connectivity index (χ1v) is 5.84. The molecule has 2 rings (SSSR count). The Hall–Kier alpha value is -1.39. The fraction of sp³-hybridized carbons (Fsp3) is 0.462. The fourth-order valence-electron chi connectivity index (χ4n) is 1.84. The zero-order valence-electron chi connectivity index (χ0n) is 9.82. The van der Waals surface area contributed by atoms with Crippen LogP contribution in [0.5, 0.6) is 0 Å². The van der Waals surface area contributed by atoms with Crippen LogP contribution >= 0.6 is 0 Å². The molecule has 1 atom stereocenters. The summed E-state index contributed by atoms with van der Waals surface area (Å²) in [6.45, 7) is 3.05. The van der Waals surface area contributed by atoms with Crippen LogP contribution in [0, 0.1) is 11.3 Å². The minimum Gasteiger partial charge on any atom is -0.384 e. The third-order valence-electron chi connectivity index (χ3n) is 2.91. The smallest absolute Gasteiger partial charge is 0.122 e. The molecule has 0 amide bonds. The highest BCUT2D eigenvalue weighted by molar-refractivity contribution is 5.94. The maximum Gasteiger partial charge on any atom is 0.122 e. The second-order valence-electron chi connectivity index (χ2n) is 4.36. The molecular formula is C13H18N2O2. The van der Waals surface area contributed by atoms with Crippen LogP contribution in [-0.4, -0.2) is 25.7 Å². The number of nitrogens with one attached hydrogen (secondary N) is 1. The number of amidine groups is 1. The van der Waals surface area contributed by atoms with Crippen LogP contribution in [0.15, 0.2) is 24.3 Å². The van der Waals surface area contributed by atoms with Gasteiger partial charge in [0, 0.05) is 18.1 Å². The van der Waals surface area contributed by atoms with Crippen molar-refractivity contribution >= 4 is 5.84 Å². The molecule has 1 aromatic rings. The maximum absolute atomic E-state index is 7.29. The van der Waals surface area contributed by atoms with Gasteiger partial charge in [0.05, 0.1) is 19.8 Å². The quantitative estimate of drug-likeness (QED) is 0.599. The molecule has 0 saturated carbocycles. The monoisotopic (exact) mass is 234 g/mol. The van der Waals surface area contributed by atoms with E-state index in [4.69, 9.17) is 20.6 Å². The van der Waals surface area contributed by atoms with Gasteiger partial charge in [0.25, 0.3) is 0 Å². The van der Waals surface area contributed by atoms with E-state index in [-0.39, 0.29) is 5.84 Å². The van der Waals surface area contributed by atoms with Crippen LogP contribution in [-0.2, 0) is 16.1 Å². The molecule has 0 radical (unpaired) electrons. The normalized spacial score (nSPS) is 19.4. The van der Waals surface area contributed by atoms with E-state index in [2.05, 4.69) is 0 Å². The average molecular weight is 234 g/mol. The van der Waals surface area contributed by atoms with Crippen molar-refractivity contribution < 1.29 is 9.47 Å². The van der Waals surface area contributed by atoms with Crippen LogP contribution in [0.2, 0.25) is 0 Å². The molecule has 1 saturated heterocycles. The van der Waals surface area contributed by atoms with Gasteiger partial charge in [0.2, 0.25) is 0 Å². The van der Waals surface area contributed by atoms with Gasteiger partial charge in [-0.3, -0.25) is 5.41 Å². The summed E-state index contributed by atoms with van der Waals surface area (Å²) in [4.78, 5) is 0. The fourth-order valence-corrected chi connectivity index (χ4v) is 1.84. The average Bonchev–Trinajstić information content (AvgIpc) is 2.83. The van der Waals surface area contributed by atoms with E-state index in [0.717, 1.165) is 37.4 Å². The van der Waals surface area contributed by atoms with Gasteiger partial charge in [-0.15, -0.1) is 0 Å². The first-order chi connectivity index (χ1) is 8.25. The Kier molecular flexibility index (Phi) is 4.12. The second-order valence-corrected chi connectivity index (χ2v) is 4.36. The highest BCUT2D eigenvalue weighted by Crippen LogP contribution is 2.13. The molecule has 17 heavy (non-hydrogen) atoms. The van der Waals surface area contributed by atoms with Gasteiger partial charge in [-0.25, -0.2) is 0 Å². The van der Waals surface area contributed by atoms with Crippen LogP contribution in [0.25, 0.3) is 0 Å². The van der Waals surface area contributed by atoms with E-state index in [0.29, 0.717) is 12.5 Å². The van der Waals surface area contributed by atoms with Crippen molar-refractivity contribution in [2.24, 2.45) is 11.7 Å². The van der Waals surface area contributed by atoms with Crippen molar-refractivity contribution in [3.8, 4) is 0 Å². The van der Waals surface area contributed by atoms with Gasteiger partial charge in [0.15, 0.2) is 0 Å². The second kappa shape index (κ2) is 5.80. The molecule has 0 aliphatic carbocycles.